The summed E-state index contributed by atoms with van der Waals surface area (Å²) in [6, 6.07) is 7.10. The van der Waals surface area contributed by atoms with E-state index < -0.39 is 11.9 Å². The van der Waals surface area contributed by atoms with Gasteiger partial charge < -0.3 is 5.11 Å². The van der Waals surface area contributed by atoms with E-state index in [-0.39, 0.29) is 11.4 Å². The zero-order valence-electron chi connectivity index (χ0n) is 9.75. The summed E-state index contributed by atoms with van der Waals surface area (Å²) in [4.78, 5) is 19.1. The predicted molar refractivity (Wildman–Crippen MR) is 72.6 cm³/mol. The Labute approximate surface area is 120 Å². The molecule has 98 valence electrons. The third-order valence-electron chi connectivity index (χ3n) is 2.71. The zero-order chi connectivity index (χ0) is 13.8. The Kier molecular flexibility index (Phi) is 4.35. The van der Waals surface area contributed by atoms with Crippen molar-refractivity contribution in [2.45, 2.75) is 12.3 Å². The van der Waals surface area contributed by atoms with Crippen LogP contribution in [0, 0.1) is 0 Å². The Hall–Kier alpha value is -1.65. The van der Waals surface area contributed by atoms with Crippen molar-refractivity contribution in [2.75, 3.05) is 0 Å². The highest BCUT2D eigenvalue weighted by Gasteiger charge is 2.25. The number of benzene rings is 1. The quantitative estimate of drug-likeness (QED) is 0.941. The summed E-state index contributed by atoms with van der Waals surface area (Å²) in [6.45, 7) is 0. The molecule has 2 rings (SSSR count). The molecule has 1 aromatic carbocycles. The number of hydrogen-bond acceptors (Lipinski definition) is 3. The van der Waals surface area contributed by atoms with Crippen molar-refractivity contribution in [3.05, 3.63) is 58.1 Å². The van der Waals surface area contributed by atoms with Gasteiger partial charge >= 0.3 is 5.97 Å². The number of nitrogens with zero attached hydrogens (tertiary/aromatic N) is 2. The molecule has 0 aliphatic rings. The highest BCUT2D eigenvalue weighted by molar-refractivity contribution is 6.31. The molecule has 1 N–H and O–H groups in total. The standard InChI is InChI=1S/C13H10Cl2N2O2/c14-10-4-2-1-3-8(10)5-9(13(18)19)12-11(15)6-16-7-17-12/h1-4,6-7,9H,5H2,(H,18,19). The van der Waals surface area contributed by atoms with Gasteiger partial charge in [0.15, 0.2) is 0 Å². The fraction of sp³-hybridized carbons (Fsp3) is 0.154. The van der Waals surface area contributed by atoms with Crippen LogP contribution in [-0.2, 0) is 11.2 Å². The molecule has 1 unspecified atom stereocenters. The molecular formula is C13H10Cl2N2O2. The van der Waals surface area contributed by atoms with E-state index in [0.717, 1.165) is 5.56 Å². The van der Waals surface area contributed by atoms with E-state index in [0.29, 0.717) is 10.7 Å². The summed E-state index contributed by atoms with van der Waals surface area (Å²) in [5.74, 6) is -1.85. The average molecular weight is 297 g/mol. The number of carbonyl (C=O) groups is 1. The van der Waals surface area contributed by atoms with Crippen LogP contribution in [0.2, 0.25) is 10.0 Å². The monoisotopic (exact) mass is 296 g/mol. The van der Waals surface area contributed by atoms with Gasteiger partial charge in [-0.2, -0.15) is 0 Å². The van der Waals surface area contributed by atoms with Gasteiger partial charge in [-0.15, -0.1) is 0 Å². The number of aromatic nitrogens is 2. The van der Waals surface area contributed by atoms with E-state index in [4.69, 9.17) is 23.2 Å². The molecule has 19 heavy (non-hydrogen) atoms. The Balaban J connectivity index is 2.35. The van der Waals surface area contributed by atoms with Gasteiger partial charge in [-0.3, -0.25) is 4.79 Å². The average Bonchev–Trinajstić information content (AvgIpc) is 2.38. The van der Waals surface area contributed by atoms with Gasteiger partial charge in [-0.25, -0.2) is 9.97 Å². The van der Waals surface area contributed by atoms with Crippen molar-refractivity contribution in [1.29, 1.82) is 0 Å². The summed E-state index contributed by atoms with van der Waals surface area (Å²) in [6.07, 6.45) is 2.89. The normalized spacial score (nSPS) is 12.1. The van der Waals surface area contributed by atoms with Crippen LogP contribution in [0.1, 0.15) is 17.2 Å². The minimum absolute atomic E-state index is 0.228. The minimum Gasteiger partial charge on any atom is -0.481 e. The molecule has 0 amide bonds. The van der Waals surface area contributed by atoms with Crippen LogP contribution in [0.4, 0.5) is 0 Å². The van der Waals surface area contributed by atoms with Gasteiger partial charge in [0, 0.05) is 11.2 Å². The smallest absolute Gasteiger partial charge is 0.312 e. The SMILES string of the molecule is O=C(O)C(Cc1ccccc1Cl)c1ncncc1Cl. The third-order valence-corrected chi connectivity index (χ3v) is 3.37. The molecular weight excluding hydrogens is 287 g/mol. The van der Waals surface area contributed by atoms with E-state index in [1.807, 2.05) is 6.07 Å². The van der Waals surface area contributed by atoms with Gasteiger partial charge in [0.2, 0.25) is 0 Å². The summed E-state index contributed by atoms with van der Waals surface area (Å²) in [5, 5.41) is 10.1. The summed E-state index contributed by atoms with van der Waals surface area (Å²) in [5.41, 5.74) is 1.04. The first-order valence-electron chi connectivity index (χ1n) is 5.51. The van der Waals surface area contributed by atoms with Crippen LogP contribution < -0.4 is 0 Å². The number of aliphatic carboxylic acids is 1. The topological polar surface area (TPSA) is 63.1 Å². The molecule has 6 heteroatoms. The van der Waals surface area contributed by atoms with E-state index >= 15 is 0 Å². The second-order valence-electron chi connectivity index (χ2n) is 3.94. The van der Waals surface area contributed by atoms with Crippen molar-refractivity contribution in [3.8, 4) is 0 Å². The number of halogens is 2. The summed E-state index contributed by atoms with van der Waals surface area (Å²) in [7, 11) is 0. The van der Waals surface area contributed by atoms with E-state index in [2.05, 4.69) is 9.97 Å². The molecule has 0 spiro atoms. The largest absolute Gasteiger partial charge is 0.481 e. The maximum atomic E-state index is 11.4. The molecule has 0 radical (unpaired) electrons. The summed E-state index contributed by atoms with van der Waals surface area (Å²) < 4.78 is 0. The van der Waals surface area contributed by atoms with Crippen molar-refractivity contribution in [3.63, 3.8) is 0 Å². The molecule has 0 saturated heterocycles. The van der Waals surface area contributed by atoms with Crippen LogP contribution in [0.25, 0.3) is 0 Å². The molecule has 0 saturated carbocycles. The first-order valence-corrected chi connectivity index (χ1v) is 6.27. The van der Waals surface area contributed by atoms with Crippen LogP contribution in [0.5, 0.6) is 0 Å². The molecule has 2 aromatic rings. The first kappa shape index (κ1) is 13.8. The number of carboxylic acids is 1. The van der Waals surface area contributed by atoms with Crippen LogP contribution in [-0.4, -0.2) is 21.0 Å². The van der Waals surface area contributed by atoms with Crippen molar-refractivity contribution >= 4 is 29.2 Å². The lowest BCUT2D eigenvalue weighted by molar-refractivity contribution is -0.138. The number of hydrogen-bond donors (Lipinski definition) is 1. The van der Waals surface area contributed by atoms with Gasteiger partial charge in [0.25, 0.3) is 0 Å². The maximum absolute atomic E-state index is 11.4. The molecule has 1 heterocycles. The molecule has 1 atom stereocenters. The van der Waals surface area contributed by atoms with Crippen molar-refractivity contribution in [2.24, 2.45) is 0 Å². The lowest BCUT2D eigenvalue weighted by atomic mass is 9.96. The molecule has 1 aromatic heterocycles. The maximum Gasteiger partial charge on any atom is 0.312 e. The Bertz CT molecular complexity index is 605. The van der Waals surface area contributed by atoms with E-state index in [9.17, 15) is 9.90 Å². The summed E-state index contributed by atoms with van der Waals surface area (Å²) >= 11 is 12.0. The van der Waals surface area contributed by atoms with Crippen molar-refractivity contribution in [1.82, 2.24) is 9.97 Å². The van der Waals surface area contributed by atoms with Gasteiger partial charge in [-0.1, -0.05) is 41.4 Å². The van der Waals surface area contributed by atoms with E-state index in [1.165, 1.54) is 12.5 Å². The lowest BCUT2D eigenvalue weighted by Gasteiger charge is -2.13. The van der Waals surface area contributed by atoms with E-state index in [1.54, 1.807) is 18.2 Å². The Morgan fingerprint density at radius 3 is 2.63 bits per heavy atom. The molecule has 0 aliphatic heterocycles. The Morgan fingerprint density at radius 2 is 2.00 bits per heavy atom. The fourth-order valence-electron chi connectivity index (χ4n) is 1.76. The van der Waals surface area contributed by atoms with Crippen LogP contribution in [0.15, 0.2) is 36.8 Å². The molecule has 4 nitrogen and oxygen atoms in total. The van der Waals surface area contributed by atoms with Crippen LogP contribution in [0.3, 0.4) is 0 Å². The molecule has 0 aliphatic carbocycles. The van der Waals surface area contributed by atoms with Crippen molar-refractivity contribution < 1.29 is 9.90 Å². The number of carboxylic acid groups (broad SMARTS) is 1. The molecule has 0 fully saturated rings. The lowest BCUT2D eigenvalue weighted by Crippen LogP contribution is -2.16. The van der Waals surface area contributed by atoms with Gasteiger partial charge in [0.05, 0.1) is 10.7 Å². The number of rotatable bonds is 4. The zero-order valence-corrected chi connectivity index (χ0v) is 11.3. The van der Waals surface area contributed by atoms with Gasteiger partial charge in [-0.05, 0) is 18.1 Å². The molecule has 0 bridgehead atoms. The van der Waals surface area contributed by atoms with Gasteiger partial charge in [0.1, 0.15) is 12.2 Å². The predicted octanol–water partition coefficient (Wildman–Crippen LogP) is 3.19. The second-order valence-corrected chi connectivity index (χ2v) is 4.76. The highest BCUT2D eigenvalue weighted by atomic mass is 35.5. The Morgan fingerprint density at radius 1 is 1.26 bits per heavy atom. The third kappa shape index (κ3) is 3.22. The fourth-order valence-corrected chi connectivity index (χ4v) is 2.21. The first-order chi connectivity index (χ1) is 9.09. The van der Waals surface area contributed by atoms with Crippen LogP contribution >= 0.6 is 23.2 Å². The highest BCUT2D eigenvalue weighted by Crippen LogP contribution is 2.27. The minimum atomic E-state index is -1.000. The second kappa shape index (κ2) is 5.99.